The molecule has 0 saturated carbocycles. The third-order valence-corrected chi connectivity index (χ3v) is 4.51. The van der Waals surface area contributed by atoms with Crippen LogP contribution in [0.4, 0.5) is 5.69 Å². The molecule has 0 radical (unpaired) electrons. The van der Waals surface area contributed by atoms with E-state index in [2.05, 4.69) is 0 Å². The summed E-state index contributed by atoms with van der Waals surface area (Å²) in [5.74, 6) is 1.40. The van der Waals surface area contributed by atoms with Crippen molar-refractivity contribution < 1.29 is 19.0 Å². The van der Waals surface area contributed by atoms with Crippen LogP contribution < -0.4 is 19.1 Å². The van der Waals surface area contributed by atoms with Gasteiger partial charge in [-0.25, -0.2) is 0 Å². The lowest BCUT2D eigenvalue weighted by Gasteiger charge is -2.19. The highest BCUT2D eigenvalue weighted by molar-refractivity contribution is 6.11. The summed E-state index contributed by atoms with van der Waals surface area (Å²) in [5.41, 5.74) is 3.98. The number of allylic oxidation sites excluding steroid dienone is 1. The van der Waals surface area contributed by atoms with Crippen molar-refractivity contribution in [2.45, 2.75) is 13.8 Å². The molecule has 0 unspecified atom stereocenters. The van der Waals surface area contributed by atoms with Crippen LogP contribution in [-0.2, 0) is 0 Å². The number of rotatable bonds is 7. The van der Waals surface area contributed by atoms with Crippen LogP contribution in [0.25, 0.3) is 6.08 Å². The molecule has 0 fully saturated rings. The predicted molar refractivity (Wildman–Crippen MR) is 110 cm³/mol. The first-order valence-corrected chi connectivity index (χ1v) is 8.64. The van der Waals surface area contributed by atoms with Gasteiger partial charge in [0.05, 0.1) is 21.3 Å². The SMILES string of the molecule is COc1c(C)c(OC)c(C(=O)/C=C/c2ccc(N(C)C)cc2)c(OC)c1C. The molecule has 0 heterocycles. The molecule has 0 saturated heterocycles. The average Bonchev–Trinajstić information content (AvgIpc) is 2.66. The molecule has 0 aliphatic rings. The predicted octanol–water partition coefficient (Wildman–Crippen LogP) is 4.29. The van der Waals surface area contributed by atoms with Gasteiger partial charge in [-0.3, -0.25) is 4.79 Å². The van der Waals surface area contributed by atoms with Gasteiger partial charge in [0.1, 0.15) is 22.8 Å². The van der Waals surface area contributed by atoms with Crippen molar-refractivity contribution in [3.05, 3.63) is 52.6 Å². The normalized spacial score (nSPS) is 10.8. The standard InChI is InChI=1S/C22H27NO4/c1-14-20(25-5)15(2)22(27-7)19(21(14)26-6)18(24)13-10-16-8-11-17(12-9-16)23(3)4/h8-13H,1-7H3/b13-10+. The number of anilines is 1. The van der Waals surface area contributed by atoms with Crippen LogP contribution in [0.3, 0.4) is 0 Å². The number of hydrogen-bond acceptors (Lipinski definition) is 5. The molecule has 27 heavy (non-hydrogen) atoms. The van der Waals surface area contributed by atoms with E-state index in [1.807, 2.05) is 57.1 Å². The second-order valence-corrected chi connectivity index (χ2v) is 6.41. The van der Waals surface area contributed by atoms with Gasteiger partial charge in [0.25, 0.3) is 0 Å². The van der Waals surface area contributed by atoms with Crippen LogP contribution in [0.2, 0.25) is 0 Å². The Labute approximate surface area is 161 Å². The Kier molecular flexibility index (Phi) is 6.50. The Morgan fingerprint density at radius 1 is 0.852 bits per heavy atom. The van der Waals surface area contributed by atoms with Gasteiger partial charge in [-0.2, -0.15) is 0 Å². The van der Waals surface area contributed by atoms with Crippen molar-refractivity contribution in [2.75, 3.05) is 40.3 Å². The van der Waals surface area contributed by atoms with E-state index in [9.17, 15) is 4.79 Å². The zero-order valence-corrected chi connectivity index (χ0v) is 17.0. The molecule has 0 amide bonds. The average molecular weight is 369 g/mol. The van der Waals surface area contributed by atoms with Crippen molar-refractivity contribution in [3.63, 3.8) is 0 Å². The van der Waals surface area contributed by atoms with Gasteiger partial charge in [0, 0.05) is 30.9 Å². The van der Waals surface area contributed by atoms with Gasteiger partial charge in [-0.15, -0.1) is 0 Å². The van der Waals surface area contributed by atoms with Crippen molar-refractivity contribution >= 4 is 17.5 Å². The monoisotopic (exact) mass is 369 g/mol. The first kappa shape index (κ1) is 20.4. The minimum Gasteiger partial charge on any atom is -0.496 e. The van der Waals surface area contributed by atoms with E-state index < -0.39 is 0 Å². The number of ketones is 1. The quantitative estimate of drug-likeness (QED) is 0.538. The molecule has 2 aromatic carbocycles. The molecule has 0 atom stereocenters. The molecule has 0 aromatic heterocycles. The van der Waals surface area contributed by atoms with E-state index in [-0.39, 0.29) is 5.78 Å². The van der Waals surface area contributed by atoms with Crippen LogP contribution in [0.15, 0.2) is 30.3 Å². The molecule has 0 aliphatic carbocycles. The molecule has 5 nitrogen and oxygen atoms in total. The summed E-state index contributed by atoms with van der Waals surface area (Å²) in [4.78, 5) is 15.0. The molecule has 2 aromatic rings. The molecular weight excluding hydrogens is 342 g/mol. The molecule has 0 aliphatic heterocycles. The second-order valence-electron chi connectivity index (χ2n) is 6.41. The van der Waals surface area contributed by atoms with Crippen LogP contribution in [0.5, 0.6) is 17.2 Å². The number of hydrogen-bond donors (Lipinski definition) is 0. The summed E-state index contributed by atoms with van der Waals surface area (Å²) >= 11 is 0. The number of ether oxygens (including phenoxy) is 3. The van der Waals surface area contributed by atoms with Crippen molar-refractivity contribution in [1.82, 2.24) is 0 Å². The highest BCUT2D eigenvalue weighted by Gasteiger charge is 2.25. The lowest BCUT2D eigenvalue weighted by atomic mass is 9.98. The van der Waals surface area contributed by atoms with Crippen LogP contribution in [-0.4, -0.2) is 41.2 Å². The second kappa shape index (κ2) is 8.62. The van der Waals surface area contributed by atoms with Gasteiger partial charge < -0.3 is 19.1 Å². The Morgan fingerprint density at radius 2 is 1.33 bits per heavy atom. The zero-order valence-electron chi connectivity index (χ0n) is 17.0. The summed E-state index contributed by atoms with van der Waals surface area (Å²) in [6.07, 6.45) is 3.33. The van der Waals surface area contributed by atoms with Crippen LogP contribution in [0, 0.1) is 13.8 Å². The summed E-state index contributed by atoms with van der Waals surface area (Å²) < 4.78 is 16.5. The molecule has 0 spiro atoms. The van der Waals surface area contributed by atoms with E-state index in [4.69, 9.17) is 14.2 Å². The van der Waals surface area contributed by atoms with Gasteiger partial charge in [0.2, 0.25) is 0 Å². The van der Waals surface area contributed by atoms with E-state index in [1.54, 1.807) is 13.2 Å². The van der Waals surface area contributed by atoms with Gasteiger partial charge in [-0.05, 0) is 37.6 Å². The molecule has 144 valence electrons. The fourth-order valence-corrected chi connectivity index (χ4v) is 3.14. The lowest BCUT2D eigenvalue weighted by Crippen LogP contribution is -2.08. The van der Waals surface area contributed by atoms with Crippen molar-refractivity contribution in [2.24, 2.45) is 0 Å². The highest BCUT2D eigenvalue weighted by atomic mass is 16.5. The van der Waals surface area contributed by atoms with Crippen molar-refractivity contribution in [1.29, 1.82) is 0 Å². The summed E-state index contributed by atoms with van der Waals surface area (Å²) in [5, 5.41) is 0. The number of carbonyl (C=O) groups excluding carboxylic acids is 1. The Hall–Kier alpha value is -2.95. The largest absolute Gasteiger partial charge is 0.496 e. The summed E-state index contributed by atoms with van der Waals surface area (Å²) in [7, 11) is 8.64. The lowest BCUT2D eigenvalue weighted by molar-refractivity contribution is 0.104. The number of benzene rings is 2. The number of nitrogens with zero attached hydrogens (tertiary/aromatic N) is 1. The maximum absolute atomic E-state index is 13.0. The van der Waals surface area contributed by atoms with Crippen LogP contribution in [0.1, 0.15) is 27.0 Å². The minimum atomic E-state index is -0.186. The third kappa shape index (κ3) is 4.08. The molecule has 0 N–H and O–H groups in total. The molecular formula is C22H27NO4. The van der Waals surface area contributed by atoms with Gasteiger partial charge in [-0.1, -0.05) is 18.2 Å². The number of carbonyl (C=O) groups is 1. The van der Waals surface area contributed by atoms with E-state index in [0.29, 0.717) is 22.8 Å². The minimum absolute atomic E-state index is 0.186. The number of methoxy groups -OCH3 is 3. The third-order valence-electron chi connectivity index (χ3n) is 4.51. The maximum Gasteiger partial charge on any atom is 0.193 e. The molecule has 5 heteroatoms. The fraction of sp³-hybridized carbons (Fsp3) is 0.318. The topological polar surface area (TPSA) is 48.0 Å². The highest BCUT2D eigenvalue weighted by Crippen LogP contribution is 2.43. The Bertz CT molecular complexity index is 821. The molecule has 0 bridgehead atoms. The molecule has 2 rings (SSSR count). The fourth-order valence-electron chi connectivity index (χ4n) is 3.14. The Morgan fingerprint density at radius 3 is 1.74 bits per heavy atom. The summed E-state index contributed by atoms with van der Waals surface area (Å²) in [6, 6.07) is 7.95. The zero-order chi connectivity index (χ0) is 20.1. The first-order chi connectivity index (χ1) is 12.8. The van der Waals surface area contributed by atoms with E-state index in [0.717, 1.165) is 22.4 Å². The summed E-state index contributed by atoms with van der Waals surface area (Å²) in [6.45, 7) is 3.73. The smallest absolute Gasteiger partial charge is 0.193 e. The van der Waals surface area contributed by atoms with Crippen molar-refractivity contribution in [3.8, 4) is 17.2 Å². The van der Waals surface area contributed by atoms with E-state index in [1.165, 1.54) is 20.3 Å². The van der Waals surface area contributed by atoms with Crippen LogP contribution >= 0.6 is 0 Å². The van der Waals surface area contributed by atoms with Gasteiger partial charge in [0.15, 0.2) is 5.78 Å². The first-order valence-electron chi connectivity index (χ1n) is 8.64. The van der Waals surface area contributed by atoms with Gasteiger partial charge >= 0.3 is 0 Å². The maximum atomic E-state index is 13.0. The Balaban J connectivity index is 2.46. The van der Waals surface area contributed by atoms with E-state index >= 15 is 0 Å².